The molecule has 0 spiro atoms. The number of ether oxygens (including phenoxy) is 1. The molecule has 2 atom stereocenters. The Balaban J connectivity index is 1.71. The van der Waals surface area contributed by atoms with Crippen molar-refractivity contribution in [2.75, 3.05) is 13.2 Å². The third-order valence-corrected chi connectivity index (χ3v) is 4.67. The minimum atomic E-state index is 0.328. The highest BCUT2D eigenvalue weighted by molar-refractivity contribution is 5.02. The van der Waals surface area contributed by atoms with E-state index >= 15 is 0 Å². The van der Waals surface area contributed by atoms with E-state index in [0.717, 1.165) is 12.5 Å². The molecule has 1 N–H and O–H groups in total. The van der Waals surface area contributed by atoms with Crippen molar-refractivity contribution in [2.45, 2.75) is 65.0 Å². The summed E-state index contributed by atoms with van der Waals surface area (Å²) in [6.07, 6.45) is 7.44. The first-order valence-electron chi connectivity index (χ1n) is 6.99. The first-order chi connectivity index (χ1) is 7.64. The van der Waals surface area contributed by atoms with Crippen molar-refractivity contribution in [3.63, 3.8) is 0 Å². The fourth-order valence-electron chi connectivity index (χ4n) is 3.24. The van der Waals surface area contributed by atoms with Gasteiger partial charge in [0.25, 0.3) is 0 Å². The van der Waals surface area contributed by atoms with Crippen LogP contribution in [0.1, 0.15) is 52.9 Å². The maximum absolute atomic E-state index is 5.76. The molecule has 2 aliphatic rings. The lowest BCUT2D eigenvalue weighted by molar-refractivity contribution is -0.114. The quantitative estimate of drug-likeness (QED) is 0.776. The van der Waals surface area contributed by atoms with Gasteiger partial charge >= 0.3 is 0 Å². The Morgan fingerprint density at radius 2 is 1.94 bits per heavy atom. The van der Waals surface area contributed by atoms with Gasteiger partial charge in [0.1, 0.15) is 0 Å². The summed E-state index contributed by atoms with van der Waals surface area (Å²) in [4.78, 5) is 0. The molecule has 2 unspecified atom stereocenters. The highest BCUT2D eigenvalue weighted by atomic mass is 16.5. The molecule has 2 fully saturated rings. The minimum absolute atomic E-state index is 0.328. The van der Waals surface area contributed by atoms with Crippen LogP contribution in [0.3, 0.4) is 0 Å². The van der Waals surface area contributed by atoms with Crippen molar-refractivity contribution in [1.82, 2.24) is 5.32 Å². The first-order valence-corrected chi connectivity index (χ1v) is 6.99. The molecule has 0 aromatic carbocycles. The third-order valence-electron chi connectivity index (χ3n) is 4.67. The normalized spacial score (nSPS) is 33.9. The molecule has 0 aromatic rings. The summed E-state index contributed by atoms with van der Waals surface area (Å²) in [5, 5.41) is 3.76. The van der Waals surface area contributed by atoms with Gasteiger partial charge in [0.2, 0.25) is 0 Å². The number of hydrogen-bond acceptors (Lipinski definition) is 2. The molecule has 0 bridgehead atoms. The Kier molecular flexibility index (Phi) is 3.91. The minimum Gasteiger partial charge on any atom is -0.378 e. The van der Waals surface area contributed by atoms with Crippen LogP contribution in [-0.4, -0.2) is 25.3 Å². The van der Waals surface area contributed by atoms with Crippen molar-refractivity contribution in [2.24, 2.45) is 11.3 Å². The topological polar surface area (TPSA) is 21.3 Å². The molecule has 0 heterocycles. The van der Waals surface area contributed by atoms with Crippen LogP contribution in [-0.2, 0) is 4.74 Å². The van der Waals surface area contributed by atoms with Gasteiger partial charge in [-0.15, -0.1) is 0 Å². The Labute approximate surface area is 100 Å². The average molecular weight is 225 g/mol. The molecule has 2 aliphatic carbocycles. The summed E-state index contributed by atoms with van der Waals surface area (Å²) < 4.78 is 5.76. The number of hydrogen-bond donors (Lipinski definition) is 1. The molecule has 2 nitrogen and oxygen atoms in total. The zero-order valence-corrected chi connectivity index (χ0v) is 11.1. The second kappa shape index (κ2) is 5.05. The van der Waals surface area contributed by atoms with Gasteiger partial charge in [-0.3, -0.25) is 0 Å². The van der Waals surface area contributed by atoms with Crippen LogP contribution >= 0.6 is 0 Å². The monoisotopic (exact) mass is 225 g/mol. The maximum Gasteiger partial charge on any atom is 0.0655 e. The van der Waals surface area contributed by atoms with Crippen LogP contribution in [0, 0.1) is 11.3 Å². The van der Waals surface area contributed by atoms with Gasteiger partial charge in [-0.05, 0) is 38.6 Å². The Morgan fingerprint density at radius 1 is 1.25 bits per heavy atom. The van der Waals surface area contributed by atoms with Crippen LogP contribution in [0.15, 0.2) is 0 Å². The molecule has 0 aliphatic heterocycles. The van der Waals surface area contributed by atoms with Crippen LogP contribution < -0.4 is 5.32 Å². The summed E-state index contributed by atoms with van der Waals surface area (Å²) >= 11 is 0. The van der Waals surface area contributed by atoms with E-state index in [1.165, 1.54) is 38.6 Å². The third kappa shape index (κ3) is 2.43. The van der Waals surface area contributed by atoms with Crippen LogP contribution in [0.4, 0.5) is 0 Å². The van der Waals surface area contributed by atoms with E-state index in [1.54, 1.807) is 0 Å². The van der Waals surface area contributed by atoms with Crippen LogP contribution in [0.5, 0.6) is 0 Å². The Morgan fingerprint density at radius 3 is 2.50 bits per heavy atom. The predicted octanol–water partition coefficient (Wildman–Crippen LogP) is 2.97. The lowest BCUT2D eigenvalue weighted by atomic mass is 9.64. The fourth-order valence-corrected chi connectivity index (χ4v) is 3.24. The Hall–Kier alpha value is -0.0800. The molecular weight excluding hydrogens is 198 g/mol. The van der Waals surface area contributed by atoms with Crippen molar-refractivity contribution in [1.29, 1.82) is 0 Å². The summed E-state index contributed by atoms with van der Waals surface area (Å²) in [7, 11) is 0. The number of nitrogens with one attached hydrogen (secondary N) is 1. The van der Waals surface area contributed by atoms with E-state index in [2.05, 4.69) is 26.1 Å². The highest BCUT2D eigenvalue weighted by Crippen LogP contribution is 2.42. The molecular formula is C14H27NO. The molecule has 2 rings (SSSR count). The second-order valence-electron chi connectivity index (χ2n) is 6.11. The SMILES string of the molecule is CCOC1CC(NCC2CCCC2)C1(C)C. The molecule has 0 amide bonds. The van der Waals surface area contributed by atoms with Gasteiger partial charge in [0, 0.05) is 18.1 Å². The van der Waals surface area contributed by atoms with Gasteiger partial charge < -0.3 is 10.1 Å². The van der Waals surface area contributed by atoms with Gasteiger partial charge in [-0.2, -0.15) is 0 Å². The molecule has 16 heavy (non-hydrogen) atoms. The van der Waals surface area contributed by atoms with E-state index < -0.39 is 0 Å². The van der Waals surface area contributed by atoms with E-state index in [-0.39, 0.29) is 0 Å². The van der Waals surface area contributed by atoms with Crippen LogP contribution in [0.2, 0.25) is 0 Å². The molecule has 94 valence electrons. The molecule has 0 saturated heterocycles. The lowest BCUT2D eigenvalue weighted by Gasteiger charge is -2.52. The fraction of sp³-hybridized carbons (Fsp3) is 1.00. The smallest absolute Gasteiger partial charge is 0.0655 e. The molecule has 2 saturated carbocycles. The molecule has 2 heteroatoms. The summed E-state index contributed by atoms with van der Waals surface area (Å²) in [5.41, 5.74) is 0.328. The molecule has 0 radical (unpaired) electrons. The van der Waals surface area contributed by atoms with Crippen molar-refractivity contribution < 1.29 is 4.74 Å². The number of rotatable bonds is 5. The lowest BCUT2D eigenvalue weighted by Crippen LogP contribution is -2.61. The Bertz CT molecular complexity index is 221. The van der Waals surface area contributed by atoms with Gasteiger partial charge in [-0.1, -0.05) is 26.7 Å². The largest absolute Gasteiger partial charge is 0.378 e. The van der Waals surface area contributed by atoms with Gasteiger partial charge in [0.15, 0.2) is 0 Å². The van der Waals surface area contributed by atoms with Crippen molar-refractivity contribution in [3.8, 4) is 0 Å². The van der Waals surface area contributed by atoms with E-state index in [4.69, 9.17) is 4.74 Å². The highest BCUT2D eigenvalue weighted by Gasteiger charge is 2.48. The zero-order valence-electron chi connectivity index (χ0n) is 11.1. The maximum atomic E-state index is 5.76. The van der Waals surface area contributed by atoms with Crippen molar-refractivity contribution in [3.05, 3.63) is 0 Å². The first kappa shape index (κ1) is 12.4. The standard InChI is InChI=1S/C14H27NO/c1-4-16-13-9-12(14(13,2)3)15-10-11-7-5-6-8-11/h11-13,15H,4-10H2,1-3H3. The zero-order chi connectivity index (χ0) is 11.6. The van der Waals surface area contributed by atoms with E-state index in [1.807, 2.05) is 0 Å². The van der Waals surface area contributed by atoms with Gasteiger partial charge in [0.05, 0.1) is 6.10 Å². The molecule has 0 aromatic heterocycles. The van der Waals surface area contributed by atoms with E-state index in [9.17, 15) is 0 Å². The average Bonchev–Trinajstić information content (AvgIpc) is 2.75. The second-order valence-corrected chi connectivity index (χ2v) is 6.11. The van der Waals surface area contributed by atoms with Crippen LogP contribution in [0.25, 0.3) is 0 Å². The van der Waals surface area contributed by atoms with Gasteiger partial charge in [-0.25, -0.2) is 0 Å². The summed E-state index contributed by atoms with van der Waals surface area (Å²) in [6.45, 7) is 8.85. The predicted molar refractivity (Wildman–Crippen MR) is 67.6 cm³/mol. The summed E-state index contributed by atoms with van der Waals surface area (Å²) in [5.74, 6) is 0.946. The summed E-state index contributed by atoms with van der Waals surface area (Å²) in [6, 6.07) is 0.671. The van der Waals surface area contributed by atoms with Crippen molar-refractivity contribution >= 4 is 0 Å². The van der Waals surface area contributed by atoms with E-state index in [0.29, 0.717) is 17.6 Å².